The fraction of sp³-hybridized carbons (Fsp3) is 1.00. The van der Waals surface area contributed by atoms with Crippen LogP contribution in [-0.4, -0.2) is 47.6 Å². The van der Waals surface area contributed by atoms with Gasteiger partial charge in [-0.15, -0.1) is 0 Å². The van der Waals surface area contributed by atoms with Crippen molar-refractivity contribution in [2.45, 2.75) is 97.2 Å². The molecule has 2 unspecified atom stereocenters. The summed E-state index contributed by atoms with van der Waals surface area (Å²) in [5.41, 5.74) is 0. The first-order chi connectivity index (χ1) is 10.1. The Balaban J connectivity index is 1.67. The van der Waals surface area contributed by atoms with E-state index in [1.165, 1.54) is 71.0 Å². The summed E-state index contributed by atoms with van der Waals surface area (Å²) in [4.78, 5) is 5.48. The maximum atomic E-state index is 2.86. The van der Waals surface area contributed by atoms with Crippen molar-refractivity contribution in [1.29, 1.82) is 0 Å². The van der Waals surface area contributed by atoms with Gasteiger partial charge >= 0.3 is 0 Å². The minimum Gasteiger partial charge on any atom is -0.298 e. The Kier molecular flexibility index (Phi) is 7.01. The Bertz CT molecular complexity index is 283. The molecule has 0 amide bonds. The molecule has 0 saturated carbocycles. The van der Waals surface area contributed by atoms with E-state index >= 15 is 0 Å². The van der Waals surface area contributed by atoms with Crippen LogP contribution in [0.2, 0.25) is 0 Å². The van der Waals surface area contributed by atoms with Crippen LogP contribution in [0.5, 0.6) is 0 Å². The minimum absolute atomic E-state index is 0.736. The zero-order chi connectivity index (χ0) is 15.2. The molecule has 0 aliphatic carbocycles. The lowest BCUT2D eigenvalue weighted by Gasteiger charge is -2.48. The van der Waals surface area contributed by atoms with Crippen LogP contribution in [0, 0.1) is 5.92 Å². The number of hydrogen-bond acceptors (Lipinski definition) is 2. The second-order valence-electron chi connectivity index (χ2n) is 7.93. The first kappa shape index (κ1) is 17.3. The maximum Gasteiger partial charge on any atom is 0.0353 e. The number of rotatable bonds is 9. The van der Waals surface area contributed by atoms with Crippen molar-refractivity contribution >= 4 is 0 Å². The summed E-state index contributed by atoms with van der Waals surface area (Å²) in [6, 6.07) is 2.50. The largest absolute Gasteiger partial charge is 0.298 e. The summed E-state index contributed by atoms with van der Waals surface area (Å²) in [6.07, 6.45) is 11.5. The van der Waals surface area contributed by atoms with Crippen molar-refractivity contribution in [3.8, 4) is 0 Å². The van der Waals surface area contributed by atoms with E-state index in [1.807, 2.05) is 0 Å². The minimum atomic E-state index is 0.736. The number of unbranched alkanes of at least 4 members (excludes halogenated alkanes) is 3. The normalized spacial score (nSPS) is 26.4. The van der Waals surface area contributed by atoms with E-state index in [0.717, 1.165) is 24.0 Å². The standard InChI is InChI=1S/C19H38N2/c1-5-6-7-8-10-17(4)13-18-11-9-12-21(18)19-14-20(15-19)16(2)3/h16-19H,5-15H2,1-4H3. The molecule has 0 aromatic carbocycles. The third-order valence-corrected chi connectivity index (χ3v) is 5.74. The lowest BCUT2D eigenvalue weighted by Crippen LogP contribution is -2.62. The van der Waals surface area contributed by atoms with E-state index < -0.39 is 0 Å². The molecule has 2 nitrogen and oxygen atoms in total. The van der Waals surface area contributed by atoms with Crippen molar-refractivity contribution in [3.63, 3.8) is 0 Å². The number of hydrogen-bond donors (Lipinski definition) is 0. The van der Waals surface area contributed by atoms with Crippen LogP contribution in [-0.2, 0) is 0 Å². The third-order valence-electron chi connectivity index (χ3n) is 5.74. The molecule has 2 heterocycles. The van der Waals surface area contributed by atoms with E-state index in [2.05, 4.69) is 37.5 Å². The zero-order valence-corrected chi connectivity index (χ0v) is 15.0. The van der Waals surface area contributed by atoms with Gasteiger partial charge in [-0.25, -0.2) is 0 Å². The van der Waals surface area contributed by atoms with Gasteiger partial charge in [0.2, 0.25) is 0 Å². The van der Waals surface area contributed by atoms with Gasteiger partial charge in [0, 0.05) is 31.2 Å². The van der Waals surface area contributed by atoms with Gasteiger partial charge in [-0.1, -0.05) is 46.0 Å². The van der Waals surface area contributed by atoms with Gasteiger partial charge in [-0.3, -0.25) is 9.80 Å². The van der Waals surface area contributed by atoms with Gasteiger partial charge in [0.15, 0.2) is 0 Å². The molecule has 2 fully saturated rings. The van der Waals surface area contributed by atoms with Crippen molar-refractivity contribution in [1.82, 2.24) is 9.80 Å². The molecule has 0 bridgehead atoms. The van der Waals surface area contributed by atoms with Crippen molar-refractivity contribution in [2.24, 2.45) is 5.92 Å². The van der Waals surface area contributed by atoms with Crippen molar-refractivity contribution in [3.05, 3.63) is 0 Å². The first-order valence-electron chi connectivity index (χ1n) is 9.61. The predicted molar refractivity (Wildman–Crippen MR) is 92.8 cm³/mol. The van der Waals surface area contributed by atoms with E-state index in [-0.39, 0.29) is 0 Å². The summed E-state index contributed by atoms with van der Waals surface area (Å²) in [5, 5.41) is 0. The first-order valence-corrected chi connectivity index (χ1v) is 9.61. The fourth-order valence-corrected chi connectivity index (χ4v) is 4.21. The van der Waals surface area contributed by atoms with Gasteiger partial charge < -0.3 is 0 Å². The van der Waals surface area contributed by atoms with Gasteiger partial charge in [-0.05, 0) is 45.6 Å². The highest BCUT2D eigenvalue weighted by molar-refractivity contribution is 4.95. The van der Waals surface area contributed by atoms with Crippen LogP contribution in [0.3, 0.4) is 0 Å². The van der Waals surface area contributed by atoms with Crippen molar-refractivity contribution < 1.29 is 0 Å². The number of nitrogens with zero attached hydrogens (tertiary/aromatic N) is 2. The molecule has 2 aliphatic rings. The second-order valence-corrected chi connectivity index (χ2v) is 7.93. The van der Waals surface area contributed by atoms with Gasteiger partial charge in [0.1, 0.15) is 0 Å². The molecule has 124 valence electrons. The molecule has 2 aliphatic heterocycles. The van der Waals surface area contributed by atoms with Crippen LogP contribution in [0.15, 0.2) is 0 Å². The zero-order valence-electron chi connectivity index (χ0n) is 15.0. The maximum absolute atomic E-state index is 2.86. The molecule has 2 atom stereocenters. The molecule has 0 N–H and O–H groups in total. The monoisotopic (exact) mass is 294 g/mol. The third kappa shape index (κ3) is 4.96. The molecule has 2 rings (SSSR count). The second kappa shape index (κ2) is 8.53. The highest BCUT2D eigenvalue weighted by Crippen LogP contribution is 2.30. The summed E-state index contributed by atoms with van der Waals surface area (Å²) < 4.78 is 0. The summed E-state index contributed by atoms with van der Waals surface area (Å²) in [7, 11) is 0. The average Bonchev–Trinajstić information content (AvgIpc) is 2.80. The van der Waals surface area contributed by atoms with Crippen LogP contribution in [0.1, 0.15) is 79.1 Å². The SMILES string of the molecule is CCCCCCC(C)CC1CCCN1C1CN(C(C)C)C1. The van der Waals surface area contributed by atoms with Gasteiger partial charge in [0.25, 0.3) is 0 Å². The summed E-state index contributed by atoms with van der Waals surface area (Å²) in [6.45, 7) is 13.5. The molecule has 0 aromatic heterocycles. The van der Waals surface area contributed by atoms with Crippen LogP contribution in [0.25, 0.3) is 0 Å². The molecule has 0 radical (unpaired) electrons. The average molecular weight is 295 g/mol. The lowest BCUT2D eigenvalue weighted by molar-refractivity contribution is 0.00342. The Morgan fingerprint density at radius 1 is 1.05 bits per heavy atom. The van der Waals surface area contributed by atoms with Crippen LogP contribution >= 0.6 is 0 Å². The Morgan fingerprint density at radius 2 is 1.81 bits per heavy atom. The summed E-state index contributed by atoms with van der Waals surface area (Å²) >= 11 is 0. The quantitative estimate of drug-likeness (QED) is 0.576. The van der Waals surface area contributed by atoms with Crippen LogP contribution in [0.4, 0.5) is 0 Å². The summed E-state index contributed by atoms with van der Waals surface area (Å²) in [5.74, 6) is 0.925. The highest BCUT2D eigenvalue weighted by Gasteiger charge is 2.38. The van der Waals surface area contributed by atoms with E-state index in [9.17, 15) is 0 Å². The lowest BCUT2D eigenvalue weighted by atomic mass is 9.93. The van der Waals surface area contributed by atoms with Crippen LogP contribution < -0.4 is 0 Å². The topological polar surface area (TPSA) is 6.48 Å². The van der Waals surface area contributed by atoms with E-state index in [0.29, 0.717) is 0 Å². The van der Waals surface area contributed by atoms with Crippen molar-refractivity contribution in [2.75, 3.05) is 19.6 Å². The number of likely N-dealkylation sites (tertiary alicyclic amines) is 2. The van der Waals surface area contributed by atoms with E-state index in [4.69, 9.17) is 0 Å². The Hall–Kier alpha value is -0.0800. The molecule has 0 aromatic rings. The van der Waals surface area contributed by atoms with Gasteiger partial charge in [0.05, 0.1) is 0 Å². The molecule has 2 heteroatoms. The molecule has 0 spiro atoms. The molecule has 21 heavy (non-hydrogen) atoms. The van der Waals surface area contributed by atoms with Gasteiger partial charge in [-0.2, -0.15) is 0 Å². The predicted octanol–water partition coefficient (Wildman–Crippen LogP) is 4.54. The molecular formula is C19H38N2. The molecular weight excluding hydrogens is 256 g/mol. The molecule has 2 saturated heterocycles. The highest BCUT2D eigenvalue weighted by atomic mass is 15.3. The Morgan fingerprint density at radius 3 is 2.48 bits per heavy atom. The van der Waals surface area contributed by atoms with E-state index in [1.54, 1.807) is 0 Å². The fourth-order valence-electron chi connectivity index (χ4n) is 4.21. The Labute approximate surface area is 133 Å². The smallest absolute Gasteiger partial charge is 0.0353 e.